The van der Waals surface area contributed by atoms with Crippen LogP contribution in [0, 0.1) is 0 Å². The molecule has 1 aliphatic heterocycles. The van der Waals surface area contributed by atoms with Crippen molar-refractivity contribution in [1.29, 1.82) is 0 Å². The third-order valence-corrected chi connectivity index (χ3v) is 5.82. The smallest absolute Gasteiger partial charge is 0.151 e. The Labute approximate surface area is 170 Å². The van der Waals surface area contributed by atoms with Crippen LogP contribution >= 0.6 is 27.7 Å². The van der Waals surface area contributed by atoms with Gasteiger partial charge in [0, 0.05) is 27.2 Å². The molecule has 1 aliphatic rings. The zero-order chi connectivity index (χ0) is 18.6. The van der Waals surface area contributed by atoms with Crippen LogP contribution in [0.5, 0.6) is 0 Å². The molecule has 6 heteroatoms. The Morgan fingerprint density at radius 1 is 1.19 bits per heavy atom. The highest BCUT2D eigenvalue weighted by atomic mass is 79.9. The maximum absolute atomic E-state index is 9.75. The van der Waals surface area contributed by atoms with Crippen molar-refractivity contribution in [1.82, 2.24) is 10.3 Å². The van der Waals surface area contributed by atoms with Gasteiger partial charge in [-0.2, -0.15) is 0 Å². The maximum atomic E-state index is 9.75. The molecule has 27 heavy (non-hydrogen) atoms. The average Bonchev–Trinajstić information content (AvgIpc) is 3.14. The summed E-state index contributed by atoms with van der Waals surface area (Å²) in [6, 6.07) is 18.0. The number of benzene rings is 2. The number of hydrogen-bond acceptors (Lipinski definition) is 5. The van der Waals surface area contributed by atoms with Crippen LogP contribution in [0.4, 0.5) is 0 Å². The molecule has 0 saturated carbocycles. The van der Waals surface area contributed by atoms with Crippen LogP contribution in [0.3, 0.4) is 0 Å². The number of thioether (sulfide) groups is 1. The van der Waals surface area contributed by atoms with Gasteiger partial charge < -0.3 is 5.11 Å². The van der Waals surface area contributed by atoms with E-state index in [-0.39, 0.29) is 18.1 Å². The molecular weight excluding hydrogens is 422 g/mol. The number of aromatic nitrogens is 1. The summed E-state index contributed by atoms with van der Waals surface area (Å²) in [6.07, 6.45) is 5.81. The monoisotopic (exact) mass is 439 g/mol. The van der Waals surface area contributed by atoms with Crippen LogP contribution in [0.25, 0.3) is 17.0 Å². The summed E-state index contributed by atoms with van der Waals surface area (Å²) < 4.78 is 1.02. The van der Waals surface area contributed by atoms with Crippen LogP contribution in [0.15, 0.2) is 75.2 Å². The number of allylic oxidation sites excluding steroid dienone is 1. The van der Waals surface area contributed by atoms with E-state index in [1.165, 1.54) is 0 Å². The van der Waals surface area contributed by atoms with Crippen molar-refractivity contribution in [2.75, 3.05) is 6.61 Å². The third-order valence-electron chi connectivity index (χ3n) is 4.32. The molecule has 4 nitrogen and oxygen atoms in total. The van der Waals surface area contributed by atoms with Gasteiger partial charge in [0.05, 0.1) is 18.2 Å². The first-order chi connectivity index (χ1) is 13.2. The second-order valence-electron chi connectivity index (χ2n) is 6.20. The first-order valence-corrected chi connectivity index (χ1v) is 10.3. The largest absolute Gasteiger partial charge is 0.394 e. The van der Waals surface area contributed by atoms with Crippen molar-refractivity contribution in [2.45, 2.75) is 11.5 Å². The molecule has 2 unspecified atom stereocenters. The van der Waals surface area contributed by atoms with E-state index >= 15 is 0 Å². The van der Waals surface area contributed by atoms with Crippen LogP contribution in [0.2, 0.25) is 0 Å². The average molecular weight is 440 g/mol. The van der Waals surface area contributed by atoms with Gasteiger partial charge in [-0.3, -0.25) is 15.3 Å². The lowest BCUT2D eigenvalue weighted by molar-refractivity contribution is 0.243. The van der Waals surface area contributed by atoms with E-state index in [2.05, 4.69) is 55.5 Å². The SMILES string of the molecule is OCC(NC1N=C/C(=C/c2ccc3ncccc3c2)S1)c1ccc(Br)cc1. The van der Waals surface area contributed by atoms with Gasteiger partial charge in [0.25, 0.3) is 0 Å². The Kier molecular flexibility index (Phi) is 5.69. The number of pyridine rings is 1. The zero-order valence-corrected chi connectivity index (χ0v) is 16.8. The molecule has 1 aromatic heterocycles. The van der Waals surface area contributed by atoms with Crippen molar-refractivity contribution >= 4 is 50.9 Å². The Bertz CT molecular complexity index is 1000. The number of hydrogen-bond donors (Lipinski definition) is 2. The topological polar surface area (TPSA) is 57.5 Å². The first kappa shape index (κ1) is 18.4. The quantitative estimate of drug-likeness (QED) is 0.601. The van der Waals surface area contributed by atoms with Crippen LogP contribution in [0.1, 0.15) is 17.2 Å². The molecule has 0 bridgehead atoms. The second-order valence-corrected chi connectivity index (χ2v) is 8.27. The molecule has 2 N–H and O–H groups in total. The summed E-state index contributed by atoms with van der Waals surface area (Å²) in [5.41, 5.74) is 3.04. The van der Waals surface area contributed by atoms with Gasteiger partial charge in [-0.15, -0.1) is 0 Å². The van der Waals surface area contributed by atoms with E-state index in [4.69, 9.17) is 0 Å². The van der Waals surface area contributed by atoms with Crippen LogP contribution in [-0.4, -0.2) is 28.4 Å². The summed E-state index contributed by atoms with van der Waals surface area (Å²) in [4.78, 5) is 9.97. The predicted molar refractivity (Wildman–Crippen MR) is 117 cm³/mol. The fourth-order valence-electron chi connectivity index (χ4n) is 2.95. The van der Waals surface area contributed by atoms with Gasteiger partial charge in [-0.05, 0) is 47.5 Å². The standard InChI is InChI=1S/C21H18BrN3OS/c22-17-6-4-15(5-7-17)20(13-26)25-21-24-12-18(27-21)11-14-3-8-19-16(10-14)2-1-9-23-19/h1-12,20-21,25-26H,13H2/b18-11-. The summed E-state index contributed by atoms with van der Waals surface area (Å²) in [7, 11) is 0. The lowest BCUT2D eigenvalue weighted by atomic mass is 10.1. The molecule has 2 heterocycles. The molecule has 0 aliphatic carbocycles. The Morgan fingerprint density at radius 3 is 2.85 bits per heavy atom. The summed E-state index contributed by atoms with van der Waals surface area (Å²) in [5, 5.41) is 14.3. The summed E-state index contributed by atoms with van der Waals surface area (Å²) in [5.74, 6) is 0. The van der Waals surface area contributed by atoms with E-state index in [1.54, 1.807) is 18.0 Å². The highest BCUT2D eigenvalue weighted by Crippen LogP contribution is 2.30. The van der Waals surface area contributed by atoms with E-state index in [9.17, 15) is 5.11 Å². The number of halogens is 1. The van der Waals surface area contributed by atoms with Crippen molar-refractivity contribution in [3.8, 4) is 0 Å². The Morgan fingerprint density at radius 2 is 2.04 bits per heavy atom. The minimum absolute atomic E-state index is 0.0188. The molecule has 4 rings (SSSR count). The number of aliphatic imine (C=N–C) groups is 1. The van der Waals surface area contributed by atoms with Crippen LogP contribution in [-0.2, 0) is 0 Å². The fraction of sp³-hybridized carbons (Fsp3) is 0.143. The number of aliphatic hydroxyl groups excluding tert-OH is 1. The number of fused-ring (bicyclic) bond motifs is 1. The minimum atomic E-state index is -0.154. The van der Waals surface area contributed by atoms with Gasteiger partial charge in [0.1, 0.15) is 0 Å². The van der Waals surface area contributed by atoms with Gasteiger partial charge in [-0.25, -0.2) is 0 Å². The van der Waals surface area contributed by atoms with Crippen molar-refractivity contribution in [2.24, 2.45) is 4.99 Å². The molecule has 0 amide bonds. The molecule has 0 radical (unpaired) electrons. The van der Waals surface area contributed by atoms with Crippen LogP contribution < -0.4 is 5.32 Å². The second kappa shape index (κ2) is 8.35. The van der Waals surface area contributed by atoms with Crippen molar-refractivity contribution < 1.29 is 5.11 Å². The van der Waals surface area contributed by atoms with Gasteiger partial charge in [-0.1, -0.05) is 52.0 Å². The molecule has 0 saturated heterocycles. The summed E-state index contributed by atoms with van der Waals surface area (Å²) in [6.45, 7) is 0.0188. The lowest BCUT2D eigenvalue weighted by Crippen LogP contribution is -2.30. The minimum Gasteiger partial charge on any atom is -0.394 e. The maximum Gasteiger partial charge on any atom is 0.151 e. The van der Waals surface area contributed by atoms with Gasteiger partial charge in [0.2, 0.25) is 0 Å². The van der Waals surface area contributed by atoms with E-state index < -0.39 is 0 Å². The molecule has 3 aromatic rings. The highest BCUT2D eigenvalue weighted by Gasteiger charge is 2.20. The van der Waals surface area contributed by atoms with Gasteiger partial charge in [0.15, 0.2) is 5.50 Å². The number of rotatable bonds is 5. The third kappa shape index (κ3) is 4.47. The molecule has 2 atom stereocenters. The number of nitrogens with one attached hydrogen (secondary N) is 1. The zero-order valence-electron chi connectivity index (χ0n) is 14.4. The number of nitrogens with zero attached hydrogens (tertiary/aromatic N) is 2. The van der Waals surface area contributed by atoms with Crippen molar-refractivity contribution in [3.63, 3.8) is 0 Å². The number of aliphatic hydroxyl groups is 1. The fourth-order valence-corrected chi connectivity index (χ4v) is 4.15. The lowest BCUT2D eigenvalue weighted by Gasteiger charge is -2.19. The molecule has 0 fully saturated rings. The first-order valence-electron chi connectivity index (χ1n) is 8.60. The van der Waals surface area contributed by atoms with E-state index in [0.29, 0.717) is 0 Å². The molecular formula is C21H18BrN3OS. The van der Waals surface area contributed by atoms with Gasteiger partial charge >= 0.3 is 0 Å². The Balaban J connectivity index is 1.45. The summed E-state index contributed by atoms with van der Waals surface area (Å²) >= 11 is 5.08. The highest BCUT2D eigenvalue weighted by molar-refractivity contribution is 9.10. The van der Waals surface area contributed by atoms with E-state index in [1.807, 2.05) is 42.6 Å². The molecule has 136 valence electrons. The Hall–Kier alpha value is -1.99. The normalized spacial score (nSPS) is 19.0. The molecule has 0 spiro atoms. The predicted octanol–water partition coefficient (Wildman–Crippen LogP) is 4.76. The molecule has 2 aromatic carbocycles. The van der Waals surface area contributed by atoms with E-state index in [0.717, 1.165) is 31.4 Å². The van der Waals surface area contributed by atoms with Crippen molar-refractivity contribution in [3.05, 3.63) is 81.3 Å².